The Morgan fingerprint density at radius 3 is 2.50 bits per heavy atom. The van der Waals surface area contributed by atoms with Gasteiger partial charge in [0.15, 0.2) is 0 Å². The molecule has 0 radical (unpaired) electrons. The van der Waals surface area contributed by atoms with Crippen LogP contribution < -0.4 is 10.0 Å². The van der Waals surface area contributed by atoms with Crippen molar-refractivity contribution in [3.05, 3.63) is 12.4 Å². The molecule has 7 heteroatoms. The summed E-state index contributed by atoms with van der Waals surface area (Å²) >= 11 is 0. The van der Waals surface area contributed by atoms with Gasteiger partial charge in [-0.25, -0.2) is 23.1 Å². The summed E-state index contributed by atoms with van der Waals surface area (Å²) in [6.45, 7) is 4.72. The van der Waals surface area contributed by atoms with Gasteiger partial charge in [0.1, 0.15) is 4.90 Å². The van der Waals surface area contributed by atoms with Crippen molar-refractivity contribution in [3.8, 4) is 0 Å². The molecule has 1 aliphatic rings. The summed E-state index contributed by atoms with van der Waals surface area (Å²) in [5, 5.41) is 2.94. The van der Waals surface area contributed by atoms with Crippen LogP contribution in [0.2, 0.25) is 0 Å². The van der Waals surface area contributed by atoms with E-state index >= 15 is 0 Å². The summed E-state index contributed by atoms with van der Waals surface area (Å²) < 4.78 is 27.4. The first-order valence-electron chi connectivity index (χ1n) is 7.11. The lowest BCUT2D eigenvalue weighted by Crippen LogP contribution is -2.41. The zero-order chi connectivity index (χ0) is 14.6. The molecule has 0 bridgehead atoms. The van der Waals surface area contributed by atoms with E-state index in [0.717, 1.165) is 19.3 Å². The third kappa shape index (κ3) is 3.67. The third-order valence-corrected chi connectivity index (χ3v) is 5.14. The van der Waals surface area contributed by atoms with Crippen LogP contribution in [-0.4, -0.2) is 31.0 Å². The predicted molar refractivity (Wildman–Crippen MR) is 77.9 cm³/mol. The smallest absolute Gasteiger partial charge is 0.243 e. The Hall–Kier alpha value is -1.21. The van der Waals surface area contributed by atoms with E-state index in [1.807, 2.05) is 6.92 Å². The summed E-state index contributed by atoms with van der Waals surface area (Å²) in [5.74, 6) is 0.818. The van der Waals surface area contributed by atoms with Gasteiger partial charge in [0, 0.05) is 12.6 Å². The van der Waals surface area contributed by atoms with Gasteiger partial charge in [-0.3, -0.25) is 0 Å². The molecule has 0 aliphatic heterocycles. The SMILES string of the molecule is CCNc1ncc(S(=O)(=O)NC2CCCCC2C)cn1. The molecule has 2 unspecified atom stereocenters. The van der Waals surface area contributed by atoms with E-state index in [2.05, 4.69) is 26.9 Å². The highest BCUT2D eigenvalue weighted by atomic mass is 32.2. The molecule has 1 heterocycles. The Labute approximate surface area is 120 Å². The molecule has 1 aromatic rings. The molecule has 0 aromatic carbocycles. The molecule has 6 nitrogen and oxygen atoms in total. The summed E-state index contributed by atoms with van der Waals surface area (Å²) in [6.07, 6.45) is 6.93. The minimum absolute atomic E-state index is 0.0159. The van der Waals surface area contributed by atoms with Crippen LogP contribution in [0, 0.1) is 5.92 Å². The average molecular weight is 298 g/mol. The fraction of sp³-hybridized carbons (Fsp3) is 0.692. The highest BCUT2D eigenvalue weighted by molar-refractivity contribution is 7.89. The maximum absolute atomic E-state index is 12.3. The van der Waals surface area contributed by atoms with Crippen LogP contribution in [0.4, 0.5) is 5.95 Å². The number of nitrogens with one attached hydrogen (secondary N) is 2. The number of hydrogen-bond acceptors (Lipinski definition) is 5. The minimum Gasteiger partial charge on any atom is -0.355 e. The Morgan fingerprint density at radius 1 is 1.25 bits per heavy atom. The minimum atomic E-state index is -3.53. The van der Waals surface area contributed by atoms with Gasteiger partial charge in [-0.1, -0.05) is 19.8 Å². The second kappa shape index (κ2) is 6.49. The van der Waals surface area contributed by atoms with Crippen molar-refractivity contribution in [2.75, 3.05) is 11.9 Å². The van der Waals surface area contributed by atoms with Crippen molar-refractivity contribution in [2.45, 2.75) is 50.5 Å². The standard InChI is InChI=1S/C13H22N4O2S/c1-3-14-13-15-8-11(9-16-13)20(18,19)17-12-7-5-4-6-10(12)2/h8-10,12,17H,3-7H2,1-2H3,(H,14,15,16). The number of anilines is 1. The van der Waals surface area contributed by atoms with Gasteiger partial charge in [0.05, 0.1) is 12.4 Å². The van der Waals surface area contributed by atoms with Gasteiger partial charge in [-0.05, 0) is 25.7 Å². The fourth-order valence-corrected chi connectivity index (χ4v) is 3.73. The molecule has 1 fully saturated rings. The maximum atomic E-state index is 12.3. The zero-order valence-electron chi connectivity index (χ0n) is 12.0. The zero-order valence-corrected chi connectivity index (χ0v) is 12.8. The summed E-state index contributed by atoms with van der Waals surface area (Å²) in [4.78, 5) is 8.13. The van der Waals surface area contributed by atoms with Crippen LogP contribution in [0.1, 0.15) is 39.5 Å². The lowest BCUT2D eigenvalue weighted by molar-refractivity contribution is 0.310. The first kappa shape index (κ1) is 15.2. The Balaban J connectivity index is 2.09. The summed E-state index contributed by atoms with van der Waals surface area (Å²) in [6, 6.07) is 0.0159. The van der Waals surface area contributed by atoms with E-state index in [4.69, 9.17) is 0 Å². The van der Waals surface area contributed by atoms with Crippen molar-refractivity contribution in [1.82, 2.24) is 14.7 Å². The van der Waals surface area contributed by atoms with E-state index in [-0.39, 0.29) is 10.9 Å². The molecule has 0 spiro atoms. The lowest BCUT2D eigenvalue weighted by atomic mass is 9.87. The van der Waals surface area contributed by atoms with Crippen molar-refractivity contribution < 1.29 is 8.42 Å². The van der Waals surface area contributed by atoms with Crippen LogP contribution in [0.3, 0.4) is 0 Å². The summed E-state index contributed by atoms with van der Waals surface area (Å²) in [5.41, 5.74) is 0. The number of aromatic nitrogens is 2. The Bertz CT molecular complexity index is 530. The maximum Gasteiger partial charge on any atom is 0.243 e. The van der Waals surface area contributed by atoms with Gasteiger partial charge >= 0.3 is 0 Å². The van der Waals surface area contributed by atoms with E-state index in [1.165, 1.54) is 18.8 Å². The number of sulfonamides is 1. The Morgan fingerprint density at radius 2 is 1.90 bits per heavy atom. The highest BCUT2D eigenvalue weighted by Crippen LogP contribution is 2.25. The van der Waals surface area contributed by atoms with E-state index in [1.54, 1.807) is 0 Å². The average Bonchev–Trinajstić information content (AvgIpc) is 2.42. The van der Waals surface area contributed by atoms with Gasteiger partial charge in [0.2, 0.25) is 16.0 Å². The topological polar surface area (TPSA) is 84.0 Å². The van der Waals surface area contributed by atoms with Crippen molar-refractivity contribution in [3.63, 3.8) is 0 Å². The summed E-state index contributed by atoms with van der Waals surface area (Å²) in [7, 11) is -3.53. The van der Waals surface area contributed by atoms with Crippen LogP contribution in [0.15, 0.2) is 17.3 Å². The molecule has 2 N–H and O–H groups in total. The predicted octanol–water partition coefficient (Wildman–Crippen LogP) is 1.77. The molecule has 112 valence electrons. The van der Waals surface area contributed by atoms with Crippen molar-refractivity contribution >= 4 is 16.0 Å². The molecule has 1 aliphatic carbocycles. The lowest BCUT2D eigenvalue weighted by Gasteiger charge is -2.29. The van der Waals surface area contributed by atoms with Crippen LogP contribution in [0.25, 0.3) is 0 Å². The van der Waals surface area contributed by atoms with Gasteiger partial charge in [-0.15, -0.1) is 0 Å². The number of hydrogen-bond donors (Lipinski definition) is 2. The molecule has 0 saturated heterocycles. The molecule has 1 saturated carbocycles. The number of nitrogens with zero attached hydrogens (tertiary/aromatic N) is 2. The fourth-order valence-electron chi connectivity index (χ4n) is 2.46. The molecule has 20 heavy (non-hydrogen) atoms. The largest absolute Gasteiger partial charge is 0.355 e. The molecule has 2 atom stereocenters. The molecular formula is C13H22N4O2S. The van der Waals surface area contributed by atoms with Crippen molar-refractivity contribution in [1.29, 1.82) is 0 Å². The van der Waals surface area contributed by atoms with Crippen LogP contribution in [-0.2, 0) is 10.0 Å². The monoisotopic (exact) mass is 298 g/mol. The Kier molecular flexibility index (Phi) is 4.93. The van der Waals surface area contributed by atoms with E-state index < -0.39 is 10.0 Å². The second-order valence-electron chi connectivity index (χ2n) is 5.26. The van der Waals surface area contributed by atoms with Crippen LogP contribution in [0.5, 0.6) is 0 Å². The highest BCUT2D eigenvalue weighted by Gasteiger charge is 2.27. The second-order valence-corrected chi connectivity index (χ2v) is 6.98. The first-order chi connectivity index (χ1) is 9.53. The van der Waals surface area contributed by atoms with Gasteiger partial charge in [0.25, 0.3) is 0 Å². The quantitative estimate of drug-likeness (QED) is 0.865. The van der Waals surface area contributed by atoms with Gasteiger partial charge in [-0.2, -0.15) is 0 Å². The van der Waals surface area contributed by atoms with E-state index in [0.29, 0.717) is 18.4 Å². The molecule has 2 rings (SSSR count). The molecule has 1 aromatic heterocycles. The van der Waals surface area contributed by atoms with E-state index in [9.17, 15) is 8.42 Å². The normalized spacial score (nSPS) is 23.5. The molecule has 0 amide bonds. The van der Waals surface area contributed by atoms with Crippen LogP contribution >= 0.6 is 0 Å². The third-order valence-electron chi connectivity index (χ3n) is 3.69. The first-order valence-corrected chi connectivity index (χ1v) is 8.59. The van der Waals surface area contributed by atoms with Gasteiger partial charge < -0.3 is 5.32 Å². The number of rotatable bonds is 5. The van der Waals surface area contributed by atoms with Crippen molar-refractivity contribution in [2.24, 2.45) is 5.92 Å². The molecular weight excluding hydrogens is 276 g/mol.